The Morgan fingerprint density at radius 1 is 1.56 bits per heavy atom. The van der Waals surface area contributed by atoms with Crippen LogP contribution in [0.1, 0.15) is 19.3 Å². The van der Waals surface area contributed by atoms with Crippen LogP contribution in [0.25, 0.3) is 0 Å². The molecule has 1 aliphatic heterocycles. The molecular weight excluding hydrogens is 250 g/mol. The maximum Gasteiger partial charge on any atom is 0.179 e. The van der Waals surface area contributed by atoms with Gasteiger partial charge in [0.05, 0.1) is 0 Å². The van der Waals surface area contributed by atoms with Crippen LogP contribution >= 0.6 is 0 Å². The monoisotopic (exact) mass is 269 g/mol. The van der Waals surface area contributed by atoms with Crippen LogP contribution in [0.15, 0.2) is 23.2 Å². The summed E-state index contributed by atoms with van der Waals surface area (Å²) in [6.45, 7) is 1.46. The summed E-state index contributed by atoms with van der Waals surface area (Å²) in [7, 11) is -3.24. The molecule has 100 valence electrons. The highest BCUT2D eigenvalue weighted by Crippen LogP contribution is 2.30. The lowest BCUT2D eigenvalue weighted by Gasteiger charge is -2.26. The molecule has 1 aromatic heterocycles. The van der Waals surface area contributed by atoms with Gasteiger partial charge in [0.2, 0.25) is 0 Å². The van der Waals surface area contributed by atoms with Crippen LogP contribution in [0.5, 0.6) is 0 Å². The molecule has 0 spiro atoms. The van der Waals surface area contributed by atoms with Crippen LogP contribution in [-0.4, -0.2) is 38.8 Å². The van der Waals surface area contributed by atoms with Gasteiger partial charge >= 0.3 is 0 Å². The van der Waals surface area contributed by atoms with E-state index in [0.717, 1.165) is 25.8 Å². The van der Waals surface area contributed by atoms with E-state index in [0.29, 0.717) is 23.3 Å². The molecule has 0 saturated carbocycles. The van der Waals surface area contributed by atoms with E-state index in [4.69, 9.17) is 5.73 Å². The van der Waals surface area contributed by atoms with Crippen molar-refractivity contribution in [3.63, 3.8) is 0 Å². The highest BCUT2D eigenvalue weighted by molar-refractivity contribution is 7.90. The summed E-state index contributed by atoms with van der Waals surface area (Å²) < 4.78 is 23.6. The smallest absolute Gasteiger partial charge is 0.179 e. The number of hydrogen-bond donors (Lipinski definition) is 1. The molecule has 5 nitrogen and oxygen atoms in total. The zero-order chi connectivity index (χ0) is 13.2. The lowest BCUT2D eigenvalue weighted by molar-refractivity contribution is 0.594. The van der Waals surface area contributed by atoms with Gasteiger partial charge in [0.25, 0.3) is 0 Å². The fourth-order valence-electron chi connectivity index (χ4n) is 2.49. The molecule has 0 amide bonds. The van der Waals surface area contributed by atoms with E-state index in [2.05, 4.69) is 9.88 Å². The number of aromatic nitrogens is 1. The van der Waals surface area contributed by atoms with Crippen molar-refractivity contribution in [3.8, 4) is 0 Å². The van der Waals surface area contributed by atoms with E-state index >= 15 is 0 Å². The summed E-state index contributed by atoms with van der Waals surface area (Å²) in [5.41, 5.74) is 5.61. The molecule has 1 unspecified atom stereocenters. The van der Waals surface area contributed by atoms with Gasteiger partial charge in [-0.2, -0.15) is 0 Å². The summed E-state index contributed by atoms with van der Waals surface area (Å²) in [6.07, 6.45) is 5.85. The zero-order valence-corrected chi connectivity index (χ0v) is 11.4. The summed E-state index contributed by atoms with van der Waals surface area (Å²) >= 11 is 0. The summed E-state index contributed by atoms with van der Waals surface area (Å²) in [4.78, 5) is 6.67. The normalized spacial score (nSPS) is 20.3. The van der Waals surface area contributed by atoms with Crippen LogP contribution < -0.4 is 10.6 Å². The van der Waals surface area contributed by atoms with E-state index in [1.807, 2.05) is 0 Å². The summed E-state index contributed by atoms with van der Waals surface area (Å²) in [5.74, 6) is 0.580. The van der Waals surface area contributed by atoms with Crippen LogP contribution in [-0.2, 0) is 9.84 Å². The molecule has 1 fully saturated rings. The highest BCUT2D eigenvalue weighted by atomic mass is 32.2. The average Bonchev–Trinajstić information content (AvgIpc) is 2.77. The minimum Gasteiger partial charge on any atom is -0.353 e. The van der Waals surface area contributed by atoms with Crippen molar-refractivity contribution < 1.29 is 8.42 Å². The van der Waals surface area contributed by atoms with Crippen LogP contribution in [0.3, 0.4) is 0 Å². The van der Waals surface area contributed by atoms with Gasteiger partial charge in [-0.3, -0.25) is 0 Å². The number of nitrogens with two attached hydrogens (primary N) is 1. The minimum atomic E-state index is -3.24. The van der Waals surface area contributed by atoms with Gasteiger partial charge in [0.1, 0.15) is 10.7 Å². The number of rotatable bonds is 4. The van der Waals surface area contributed by atoms with Gasteiger partial charge in [-0.25, -0.2) is 13.4 Å². The summed E-state index contributed by atoms with van der Waals surface area (Å²) in [5, 5.41) is 0. The SMILES string of the molecule is CS(=O)(=O)c1cccnc1N1CCCC1CCN. The van der Waals surface area contributed by atoms with Crippen molar-refractivity contribution in [3.05, 3.63) is 18.3 Å². The first-order valence-corrected chi connectivity index (χ1v) is 8.05. The van der Waals surface area contributed by atoms with Gasteiger partial charge < -0.3 is 10.6 Å². The van der Waals surface area contributed by atoms with Gasteiger partial charge in [0.15, 0.2) is 9.84 Å². The number of hydrogen-bond acceptors (Lipinski definition) is 5. The van der Waals surface area contributed by atoms with Crippen molar-refractivity contribution in [2.75, 3.05) is 24.2 Å². The molecule has 1 atom stereocenters. The van der Waals surface area contributed by atoms with E-state index in [1.54, 1.807) is 18.3 Å². The Morgan fingerprint density at radius 2 is 2.33 bits per heavy atom. The van der Waals surface area contributed by atoms with E-state index < -0.39 is 9.84 Å². The fraction of sp³-hybridized carbons (Fsp3) is 0.583. The Labute approximate surface area is 108 Å². The first-order valence-electron chi connectivity index (χ1n) is 6.16. The molecule has 18 heavy (non-hydrogen) atoms. The van der Waals surface area contributed by atoms with Crippen molar-refractivity contribution in [1.29, 1.82) is 0 Å². The number of pyridine rings is 1. The van der Waals surface area contributed by atoms with Crippen molar-refractivity contribution in [2.45, 2.75) is 30.2 Å². The first kappa shape index (κ1) is 13.3. The van der Waals surface area contributed by atoms with Gasteiger partial charge in [0, 0.05) is 25.0 Å². The second kappa shape index (κ2) is 5.24. The Bertz CT molecular complexity index is 516. The second-order valence-corrected chi connectivity index (χ2v) is 6.65. The first-order chi connectivity index (χ1) is 8.54. The molecule has 1 saturated heterocycles. The maximum atomic E-state index is 11.8. The lowest BCUT2D eigenvalue weighted by Crippen LogP contribution is -2.32. The van der Waals surface area contributed by atoms with E-state index in [1.165, 1.54) is 6.26 Å². The number of anilines is 1. The minimum absolute atomic E-state index is 0.311. The Hall–Kier alpha value is -1.14. The van der Waals surface area contributed by atoms with Crippen molar-refractivity contribution >= 4 is 15.7 Å². The number of sulfone groups is 1. The van der Waals surface area contributed by atoms with Crippen molar-refractivity contribution in [2.24, 2.45) is 5.73 Å². The fourth-order valence-corrected chi connectivity index (χ4v) is 3.32. The van der Waals surface area contributed by atoms with Crippen LogP contribution in [0.2, 0.25) is 0 Å². The molecule has 1 aliphatic rings. The predicted molar refractivity (Wildman–Crippen MR) is 71.4 cm³/mol. The molecule has 2 heterocycles. The quantitative estimate of drug-likeness (QED) is 0.875. The van der Waals surface area contributed by atoms with E-state index in [9.17, 15) is 8.42 Å². The van der Waals surface area contributed by atoms with Crippen LogP contribution in [0.4, 0.5) is 5.82 Å². The van der Waals surface area contributed by atoms with Crippen LogP contribution in [0, 0.1) is 0 Å². The number of nitrogens with zero attached hydrogens (tertiary/aromatic N) is 2. The molecule has 2 N–H and O–H groups in total. The Morgan fingerprint density at radius 3 is 3.00 bits per heavy atom. The molecule has 6 heteroatoms. The summed E-state index contributed by atoms with van der Waals surface area (Å²) in [6, 6.07) is 3.59. The molecule has 2 rings (SSSR count). The van der Waals surface area contributed by atoms with Gasteiger partial charge in [-0.1, -0.05) is 0 Å². The third kappa shape index (κ3) is 2.64. The topological polar surface area (TPSA) is 76.3 Å². The molecule has 0 radical (unpaired) electrons. The van der Waals surface area contributed by atoms with Gasteiger partial charge in [-0.15, -0.1) is 0 Å². The Balaban J connectivity index is 2.39. The molecular formula is C12H19N3O2S. The molecule has 0 aromatic carbocycles. The third-order valence-electron chi connectivity index (χ3n) is 3.30. The van der Waals surface area contributed by atoms with Gasteiger partial charge in [-0.05, 0) is 37.9 Å². The predicted octanol–water partition coefficient (Wildman–Crippen LogP) is 0.803. The highest BCUT2D eigenvalue weighted by Gasteiger charge is 2.28. The largest absolute Gasteiger partial charge is 0.353 e. The molecule has 0 aliphatic carbocycles. The second-order valence-electron chi connectivity index (χ2n) is 4.66. The average molecular weight is 269 g/mol. The molecule has 1 aromatic rings. The lowest BCUT2D eigenvalue weighted by atomic mass is 10.1. The van der Waals surface area contributed by atoms with Crippen molar-refractivity contribution in [1.82, 2.24) is 4.98 Å². The third-order valence-corrected chi connectivity index (χ3v) is 4.42. The standard InChI is InChI=1S/C12H19N3O2S/c1-18(16,17)11-5-2-8-14-12(11)15-9-3-4-10(15)6-7-13/h2,5,8,10H,3-4,6-7,9,13H2,1H3. The maximum absolute atomic E-state index is 11.8. The van der Waals surface area contributed by atoms with E-state index in [-0.39, 0.29) is 0 Å². The Kier molecular flexibility index (Phi) is 3.87. The zero-order valence-electron chi connectivity index (χ0n) is 10.5. The molecule has 0 bridgehead atoms.